The second-order valence-electron chi connectivity index (χ2n) is 4.57. The second kappa shape index (κ2) is 8.17. The van der Waals surface area contributed by atoms with Gasteiger partial charge in [0.25, 0.3) is 0 Å². The summed E-state index contributed by atoms with van der Waals surface area (Å²) in [6.45, 7) is 10.4. The lowest BCUT2D eigenvalue weighted by atomic mass is 10.1. The van der Waals surface area contributed by atoms with Gasteiger partial charge in [0.05, 0.1) is 18.8 Å². The molecule has 0 spiro atoms. The Kier molecular flexibility index (Phi) is 6.87. The fraction of sp³-hybridized carbons (Fsp3) is 0.692. The molecule has 0 radical (unpaired) electrons. The van der Waals surface area contributed by atoms with E-state index in [0.717, 1.165) is 6.54 Å². The third-order valence-electron chi connectivity index (χ3n) is 2.71. The first kappa shape index (κ1) is 16.0. The Morgan fingerprint density at radius 1 is 1.37 bits per heavy atom. The summed E-state index contributed by atoms with van der Waals surface area (Å²) in [5.74, 6) is 1.64. The van der Waals surface area contributed by atoms with E-state index >= 15 is 0 Å². The van der Waals surface area contributed by atoms with Gasteiger partial charge < -0.3 is 15.4 Å². The number of ether oxygens (including phenoxy) is 1. The fourth-order valence-electron chi connectivity index (χ4n) is 1.53. The van der Waals surface area contributed by atoms with Gasteiger partial charge >= 0.3 is 0 Å². The summed E-state index contributed by atoms with van der Waals surface area (Å²) < 4.78 is 5.48. The molecular formula is C13H23ClN4O. The maximum absolute atomic E-state index is 6.12. The smallest absolute Gasteiger partial charge is 0.224 e. The van der Waals surface area contributed by atoms with E-state index in [1.165, 1.54) is 0 Å². The third kappa shape index (κ3) is 5.20. The van der Waals surface area contributed by atoms with Crippen molar-refractivity contribution in [2.75, 3.05) is 30.4 Å². The summed E-state index contributed by atoms with van der Waals surface area (Å²) in [5, 5.41) is 6.92. The molecule has 0 saturated heterocycles. The molecule has 108 valence electrons. The first-order valence-corrected chi connectivity index (χ1v) is 7.06. The maximum Gasteiger partial charge on any atom is 0.224 e. The van der Waals surface area contributed by atoms with E-state index in [9.17, 15) is 0 Å². The lowest BCUT2D eigenvalue weighted by Crippen LogP contribution is -2.31. The average Bonchev–Trinajstić information content (AvgIpc) is 2.38. The van der Waals surface area contributed by atoms with Crippen LogP contribution in [-0.2, 0) is 4.74 Å². The molecule has 0 aliphatic rings. The molecule has 1 heterocycles. The maximum atomic E-state index is 6.12. The highest BCUT2D eigenvalue weighted by Gasteiger charge is 2.16. The SMILES string of the molecule is CCNc1ncc(Cl)c(NC(COCC)C(C)C)n1. The monoisotopic (exact) mass is 286 g/mol. The number of halogens is 1. The van der Waals surface area contributed by atoms with E-state index in [1.54, 1.807) is 6.20 Å². The van der Waals surface area contributed by atoms with Crippen molar-refractivity contribution in [3.63, 3.8) is 0 Å². The van der Waals surface area contributed by atoms with Crippen LogP contribution in [-0.4, -0.2) is 35.8 Å². The summed E-state index contributed by atoms with van der Waals surface area (Å²) in [5.41, 5.74) is 0. The van der Waals surface area contributed by atoms with Crippen molar-refractivity contribution < 1.29 is 4.74 Å². The molecule has 0 fully saturated rings. The van der Waals surface area contributed by atoms with Crippen molar-refractivity contribution in [3.8, 4) is 0 Å². The summed E-state index contributed by atoms with van der Waals surface area (Å²) in [7, 11) is 0. The molecule has 5 nitrogen and oxygen atoms in total. The van der Waals surface area contributed by atoms with Gasteiger partial charge in [-0.15, -0.1) is 0 Å². The van der Waals surface area contributed by atoms with Gasteiger partial charge in [0.15, 0.2) is 5.82 Å². The standard InChI is InChI=1S/C13H23ClN4O/c1-5-15-13-16-7-10(14)12(18-13)17-11(9(3)4)8-19-6-2/h7,9,11H,5-6,8H2,1-4H3,(H2,15,16,17,18). The van der Waals surface area contributed by atoms with Crippen LogP contribution in [0.15, 0.2) is 6.20 Å². The Morgan fingerprint density at radius 2 is 2.11 bits per heavy atom. The minimum absolute atomic E-state index is 0.168. The van der Waals surface area contributed by atoms with Crippen molar-refractivity contribution in [1.29, 1.82) is 0 Å². The molecule has 0 aromatic carbocycles. The summed E-state index contributed by atoms with van der Waals surface area (Å²) in [6.07, 6.45) is 1.60. The quantitative estimate of drug-likeness (QED) is 0.769. The largest absolute Gasteiger partial charge is 0.380 e. The Bertz CT molecular complexity index is 387. The van der Waals surface area contributed by atoms with Crippen LogP contribution in [0, 0.1) is 5.92 Å². The van der Waals surface area contributed by atoms with Crippen LogP contribution in [0.4, 0.5) is 11.8 Å². The highest BCUT2D eigenvalue weighted by atomic mass is 35.5. The zero-order valence-electron chi connectivity index (χ0n) is 12.0. The van der Waals surface area contributed by atoms with E-state index in [2.05, 4.69) is 34.4 Å². The molecule has 0 aliphatic heterocycles. The molecule has 19 heavy (non-hydrogen) atoms. The molecule has 6 heteroatoms. The van der Waals surface area contributed by atoms with Gasteiger partial charge in [-0.1, -0.05) is 25.4 Å². The van der Waals surface area contributed by atoms with Crippen LogP contribution in [0.25, 0.3) is 0 Å². The fourth-order valence-corrected chi connectivity index (χ4v) is 1.68. The van der Waals surface area contributed by atoms with E-state index < -0.39 is 0 Å². The van der Waals surface area contributed by atoms with E-state index in [0.29, 0.717) is 35.9 Å². The minimum Gasteiger partial charge on any atom is -0.380 e. The van der Waals surface area contributed by atoms with E-state index in [1.807, 2.05) is 13.8 Å². The molecule has 1 atom stereocenters. The normalized spacial score (nSPS) is 12.5. The molecule has 0 aliphatic carbocycles. The Hall–Kier alpha value is -1.07. The van der Waals surface area contributed by atoms with E-state index in [-0.39, 0.29) is 6.04 Å². The number of hydrogen-bond donors (Lipinski definition) is 2. The van der Waals surface area contributed by atoms with Crippen molar-refractivity contribution in [1.82, 2.24) is 9.97 Å². The summed E-state index contributed by atoms with van der Waals surface area (Å²) in [6, 6.07) is 0.168. The van der Waals surface area contributed by atoms with Gasteiger partial charge in [-0.05, 0) is 19.8 Å². The summed E-state index contributed by atoms with van der Waals surface area (Å²) >= 11 is 6.12. The van der Waals surface area contributed by atoms with Crippen LogP contribution in [0.5, 0.6) is 0 Å². The molecule has 2 N–H and O–H groups in total. The molecule has 1 aromatic heterocycles. The molecule has 0 amide bonds. The van der Waals surface area contributed by atoms with Gasteiger partial charge in [0.2, 0.25) is 5.95 Å². The van der Waals surface area contributed by atoms with Gasteiger partial charge in [-0.25, -0.2) is 4.98 Å². The van der Waals surface area contributed by atoms with Crippen molar-refractivity contribution in [2.24, 2.45) is 5.92 Å². The number of anilines is 2. The lowest BCUT2D eigenvalue weighted by molar-refractivity contribution is 0.126. The number of hydrogen-bond acceptors (Lipinski definition) is 5. The van der Waals surface area contributed by atoms with Gasteiger partial charge in [0, 0.05) is 13.2 Å². The van der Waals surface area contributed by atoms with Crippen molar-refractivity contribution in [3.05, 3.63) is 11.2 Å². The summed E-state index contributed by atoms with van der Waals surface area (Å²) in [4.78, 5) is 8.49. The first-order chi connectivity index (χ1) is 9.08. The molecule has 0 saturated carbocycles. The number of aromatic nitrogens is 2. The highest BCUT2D eigenvalue weighted by molar-refractivity contribution is 6.32. The zero-order chi connectivity index (χ0) is 14.3. The van der Waals surface area contributed by atoms with Crippen LogP contribution >= 0.6 is 11.6 Å². The lowest BCUT2D eigenvalue weighted by Gasteiger charge is -2.23. The molecule has 0 bridgehead atoms. The van der Waals surface area contributed by atoms with Crippen LogP contribution in [0.1, 0.15) is 27.7 Å². The van der Waals surface area contributed by atoms with E-state index in [4.69, 9.17) is 16.3 Å². The molecule has 1 aromatic rings. The molecular weight excluding hydrogens is 264 g/mol. The van der Waals surface area contributed by atoms with Crippen LogP contribution in [0.3, 0.4) is 0 Å². The number of nitrogens with zero attached hydrogens (tertiary/aromatic N) is 2. The second-order valence-corrected chi connectivity index (χ2v) is 4.98. The predicted octanol–water partition coefficient (Wildman–Crippen LogP) is 3.03. The average molecular weight is 287 g/mol. The number of rotatable bonds is 8. The molecule has 1 rings (SSSR count). The van der Waals surface area contributed by atoms with Gasteiger partial charge in [-0.2, -0.15) is 4.98 Å². The Labute approximate surface area is 120 Å². The van der Waals surface area contributed by atoms with Crippen molar-refractivity contribution in [2.45, 2.75) is 33.7 Å². The predicted molar refractivity (Wildman–Crippen MR) is 79.9 cm³/mol. The Balaban J connectivity index is 2.79. The van der Waals surface area contributed by atoms with Crippen molar-refractivity contribution >= 4 is 23.4 Å². The van der Waals surface area contributed by atoms with Crippen LogP contribution < -0.4 is 10.6 Å². The third-order valence-corrected chi connectivity index (χ3v) is 2.98. The topological polar surface area (TPSA) is 59.1 Å². The molecule has 1 unspecified atom stereocenters. The first-order valence-electron chi connectivity index (χ1n) is 6.69. The van der Waals surface area contributed by atoms with Crippen LogP contribution in [0.2, 0.25) is 5.02 Å². The number of nitrogens with one attached hydrogen (secondary N) is 2. The Morgan fingerprint density at radius 3 is 2.68 bits per heavy atom. The minimum atomic E-state index is 0.168. The van der Waals surface area contributed by atoms with Gasteiger partial charge in [0.1, 0.15) is 5.02 Å². The highest BCUT2D eigenvalue weighted by Crippen LogP contribution is 2.21. The zero-order valence-corrected chi connectivity index (χ0v) is 12.8. The van der Waals surface area contributed by atoms with Gasteiger partial charge in [-0.3, -0.25) is 0 Å².